The van der Waals surface area contributed by atoms with Gasteiger partial charge in [-0.15, -0.1) is 0 Å². The zero-order valence-corrected chi connectivity index (χ0v) is 17.1. The maximum atomic E-state index is 14.0. The Labute approximate surface area is 186 Å². The lowest BCUT2D eigenvalue weighted by molar-refractivity contribution is -0.140. The van der Waals surface area contributed by atoms with Gasteiger partial charge in [0.1, 0.15) is 23.2 Å². The highest BCUT2D eigenvalue weighted by molar-refractivity contribution is 6.46. The van der Waals surface area contributed by atoms with E-state index in [0.717, 1.165) is 23.1 Å². The van der Waals surface area contributed by atoms with Gasteiger partial charge in [0, 0.05) is 23.2 Å². The molecule has 8 heteroatoms. The van der Waals surface area contributed by atoms with Crippen LogP contribution in [-0.4, -0.2) is 21.7 Å². The SMILES string of the molecule is O=C1C(=O)N(Cc2cc(F)cc(F)c2)C(c2cccc(F)c2)/C1=C(\O)c1ccc(Cl)cc1. The van der Waals surface area contributed by atoms with Crippen LogP contribution in [0.4, 0.5) is 13.2 Å². The Morgan fingerprint density at radius 3 is 2.19 bits per heavy atom. The van der Waals surface area contributed by atoms with Crippen LogP contribution in [0.3, 0.4) is 0 Å². The molecule has 1 N–H and O–H groups in total. The van der Waals surface area contributed by atoms with Crippen LogP contribution in [0.25, 0.3) is 5.76 Å². The Hall–Kier alpha value is -3.58. The van der Waals surface area contributed by atoms with Crippen molar-refractivity contribution in [2.75, 3.05) is 0 Å². The minimum atomic E-state index is -1.17. The second-order valence-electron chi connectivity index (χ2n) is 7.27. The van der Waals surface area contributed by atoms with Crippen LogP contribution in [0.15, 0.2) is 72.3 Å². The summed E-state index contributed by atoms with van der Waals surface area (Å²) in [7, 11) is 0. The Bertz CT molecular complexity index is 1240. The number of halogens is 4. The van der Waals surface area contributed by atoms with Gasteiger partial charge in [0.25, 0.3) is 11.7 Å². The van der Waals surface area contributed by atoms with Crippen molar-refractivity contribution in [1.29, 1.82) is 0 Å². The first-order chi connectivity index (χ1) is 15.2. The molecule has 162 valence electrons. The van der Waals surface area contributed by atoms with Gasteiger partial charge < -0.3 is 10.0 Å². The van der Waals surface area contributed by atoms with Crippen molar-refractivity contribution in [2.24, 2.45) is 0 Å². The average molecular weight is 458 g/mol. The normalized spacial score (nSPS) is 17.8. The second-order valence-corrected chi connectivity index (χ2v) is 7.70. The summed E-state index contributed by atoms with van der Waals surface area (Å²) < 4.78 is 41.4. The number of Topliss-reactive ketones (excluding diaryl/α,β-unsaturated/α-hetero) is 1. The monoisotopic (exact) mass is 457 g/mol. The number of rotatable bonds is 4. The number of hydrogen-bond donors (Lipinski definition) is 1. The van der Waals surface area contributed by atoms with Crippen molar-refractivity contribution in [3.63, 3.8) is 0 Å². The molecule has 1 atom stereocenters. The van der Waals surface area contributed by atoms with Gasteiger partial charge in [-0.2, -0.15) is 0 Å². The number of likely N-dealkylation sites (tertiary alicyclic amines) is 1. The number of carbonyl (C=O) groups excluding carboxylic acids is 2. The predicted molar refractivity (Wildman–Crippen MR) is 112 cm³/mol. The van der Waals surface area contributed by atoms with Gasteiger partial charge in [0.2, 0.25) is 0 Å². The summed E-state index contributed by atoms with van der Waals surface area (Å²) in [6.45, 7) is -0.335. The highest BCUT2D eigenvalue weighted by Gasteiger charge is 2.46. The molecule has 1 fully saturated rings. The van der Waals surface area contributed by atoms with E-state index in [-0.39, 0.29) is 28.8 Å². The van der Waals surface area contributed by atoms with E-state index in [0.29, 0.717) is 11.1 Å². The number of ketones is 1. The van der Waals surface area contributed by atoms with E-state index in [2.05, 4.69) is 0 Å². The molecule has 1 saturated heterocycles. The molecule has 3 aromatic carbocycles. The van der Waals surface area contributed by atoms with Crippen molar-refractivity contribution in [2.45, 2.75) is 12.6 Å². The molecule has 4 nitrogen and oxygen atoms in total. The fourth-order valence-electron chi connectivity index (χ4n) is 3.73. The maximum Gasteiger partial charge on any atom is 0.295 e. The van der Waals surface area contributed by atoms with E-state index in [1.807, 2.05) is 0 Å². The lowest BCUT2D eigenvalue weighted by Gasteiger charge is -2.25. The molecule has 0 bridgehead atoms. The van der Waals surface area contributed by atoms with Crippen molar-refractivity contribution < 1.29 is 27.9 Å². The van der Waals surface area contributed by atoms with E-state index < -0.39 is 40.9 Å². The fraction of sp³-hybridized carbons (Fsp3) is 0.0833. The highest BCUT2D eigenvalue weighted by atomic mass is 35.5. The van der Waals surface area contributed by atoms with Gasteiger partial charge in [-0.3, -0.25) is 9.59 Å². The molecule has 1 aliphatic rings. The molecular weight excluding hydrogens is 443 g/mol. The number of amides is 1. The molecule has 0 radical (unpaired) electrons. The smallest absolute Gasteiger partial charge is 0.295 e. The molecule has 0 spiro atoms. The maximum absolute atomic E-state index is 14.0. The minimum Gasteiger partial charge on any atom is -0.507 e. The number of aliphatic hydroxyl groups is 1. The average Bonchev–Trinajstić information content (AvgIpc) is 2.98. The van der Waals surface area contributed by atoms with E-state index in [1.54, 1.807) is 0 Å². The molecule has 1 heterocycles. The standard InChI is InChI=1S/C24H15ClF3NO3/c25-16-6-4-14(5-7-16)22(30)20-21(15-2-1-3-17(26)10-15)29(24(32)23(20)31)12-13-8-18(27)11-19(28)9-13/h1-11,21,30H,12H2/b22-20+. The molecule has 1 unspecified atom stereocenters. The predicted octanol–water partition coefficient (Wildman–Crippen LogP) is 5.38. The van der Waals surface area contributed by atoms with Crippen LogP contribution in [0, 0.1) is 17.5 Å². The summed E-state index contributed by atoms with van der Waals surface area (Å²) in [5.74, 6) is -4.76. The Balaban J connectivity index is 1.87. The molecule has 4 rings (SSSR count). The lowest BCUT2D eigenvalue weighted by atomic mass is 9.95. The number of nitrogens with zero attached hydrogens (tertiary/aromatic N) is 1. The summed E-state index contributed by atoms with van der Waals surface area (Å²) in [6.07, 6.45) is 0. The number of carbonyl (C=O) groups is 2. The zero-order valence-electron chi connectivity index (χ0n) is 16.4. The molecular formula is C24H15ClF3NO3. The molecule has 0 aliphatic carbocycles. The van der Waals surface area contributed by atoms with Gasteiger partial charge in [-0.05, 0) is 59.7 Å². The van der Waals surface area contributed by atoms with Gasteiger partial charge >= 0.3 is 0 Å². The van der Waals surface area contributed by atoms with E-state index in [9.17, 15) is 27.9 Å². The minimum absolute atomic E-state index is 0.0947. The zero-order chi connectivity index (χ0) is 23.0. The first kappa shape index (κ1) is 21.6. The number of hydrogen-bond acceptors (Lipinski definition) is 3. The summed E-state index contributed by atoms with van der Waals surface area (Å²) in [4.78, 5) is 26.8. The van der Waals surface area contributed by atoms with Crippen LogP contribution in [0.5, 0.6) is 0 Å². The first-order valence-electron chi connectivity index (χ1n) is 9.49. The van der Waals surface area contributed by atoms with Crippen molar-refractivity contribution in [1.82, 2.24) is 4.90 Å². The van der Waals surface area contributed by atoms with Crippen LogP contribution >= 0.6 is 11.6 Å². The Morgan fingerprint density at radius 2 is 1.56 bits per heavy atom. The third-order valence-electron chi connectivity index (χ3n) is 5.10. The highest BCUT2D eigenvalue weighted by Crippen LogP contribution is 2.40. The molecule has 1 amide bonds. The van der Waals surface area contributed by atoms with Crippen molar-refractivity contribution in [3.8, 4) is 0 Å². The summed E-state index contributed by atoms with van der Waals surface area (Å²) in [5, 5.41) is 11.3. The van der Waals surface area contributed by atoms with Gasteiger partial charge in [-0.1, -0.05) is 23.7 Å². The van der Waals surface area contributed by atoms with Crippen LogP contribution < -0.4 is 0 Å². The van der Waals surface area contributed by atoms with Gasteiger partial charge in [0.05, 0.1) is 11.6 Å². The first-order valence-corrected chi connectivity index (χ1v) is 9.87. The molecule has 32 heavy (non-hydrogen) atoms. The van der Waals surface area contributed by atoms with E-state index in [4.69, 9.17) is 11.6 Å². The van der Waals surface area contributed by atoms with Gasteiger partial charge in [-0.25, -0.2) is 13.2 Å². The second kappa shape index (κ2) is 8.51. The molecule has 0 aromatic heterocycles. The quantitative estimate of drug-likeness (QED) is 0.325. The van der Waals surface area contributed by atoms with Gasteiger partial charge in [0.15, 0.2) is 0 Å². The third-order valence-corrected chi connectivity index (χ3v) is 5.35. The lowest BCUT2D eigenvalue weighted by Crippen LogP contribution is -2.29. The summed E-state index contributed by atoms with van der Waals surface area (Å²) >= 11 is 5.88. The topological polar surface area (TPSA) is 57.6 Å². The van der Waals surface area contributed by atoms with Crippen molar-refractivity contribution >= 4 is 29.1 Å². The van der Waals surface area contributed by atoms with Crippen LogP contribution in [0.2, 0.25) is 5.02 Å². The summed E-state index contributed by atoms with van der Waals surface area (Å²) in [6, 6.07) is 12.7. The van der Waals surface area contributed by atoms with Crippen LogP contribution in [0.1, 0.15) is 22.7 Å². The third kappa shape index (κ3) is 4.11. The van der Waals surface area contributed by atoms with Crippen molar-refractivity contribution in [3.05, 3.63) is 111 Å². The Morgan fingerprint density at radius 1 is 0.906 bits per heavy atom. The largest absolute Gasteiger partial charge is 0.507 e. The summed E-state index contributed by atoms with van der Waals surface area (Å²) in [5.41, 5.74) is 0.277. The molecule has 0 saturated carbocycles. The van der Waals surface area contributed by atoms with Crippen LogP contribution in [-0.2, 0) is 16.1 Å². The Kier molecular flexibility index (Phi) is 5.76. The number of benzene rings is 3. The fourth-order valence-corrected chi connectivity index (χ4v) is 3.85. The van der Waals surface area contributed by atoms with E-state index in [1.165, 1.54) is 42.5 Å². The number of aliphatic hydroxyl groups excluding tert-OH is 1. The molecule has 1 aliphatic heterocycles. The van der Waals surface area contributed by atoms with E-state index >= 15 is 0 Å². The molecule has 3 aromatic rings.